The van der Waals surface area contributed by atoms with Crippen LogP contribution in [0, 0.1) is 0 Å². The van der Waals surface area contributed by atoms with Gasteiger partial charge < -0.3 is 5.73 Å². The Hall–Kier alpha value is 0.690. The van der Waals surface area contributed by atoms with Gasteiger partial charge in [0.1, 0.15) is 0 Å². The number of hydrogen-bond donors (Lipinski definition) is 1. The fourth-order valence-corrected chi connectivity index (χ4v) is 3.79. The fraction of sp³-hybridized carbons (Fsp3) is 1.00. The van der Waals surface area contributed by atoms with Crippen molar-refractivity contribution in [3.8, 4) is 0 Å². The first-order chi connectivity index (χ1) is 11.7. The molecule has 0 spiro atoms. The minimum atomic E-state index is 0. The van der Waals surface area contributed by atoms with Crippen LogP contribution in [0.15, 0.2) is 0 Å². The summed E-state index contributed by atoms with van der Waals surface area (Å²) in [5.41, 5.74) is 7.01. The number of nitrogens with two attached hydrogens (primary N) is 1. The van der Waals surface area contributed by atoms with Gasteiger partial charge in [-0.05, 0) is 19.3 Å². The van der Waals surface area contributed by atoms with E-state index in [2.05, 4.69) is 20.8 Å². The molecule has 25 heavy (non-hydrogen) atoms. The van der Waals surface area contributed by atoms with Crippen LogP contribution in [0.25, 0.3) is 0 Å². The van der Waals surface area contributed by atoms with E-state index >= 15 is 0 Å². The summed E-state index contributed by atoms with van der Waals surface area (Å²) in [6.07, 6.45) is 25.9. The molecule has 0 fully saturated rings. The van der Waals surface area contributed by atoms with Crippen molar-refractivity contribution in [2.75, 3.05) is 0 Å². The third-order valence-corrected chi connectivity index (χ3v) is 5.58. The largest absolute Gasteiger partial charge is 0.325 e. The second-order valence-corrected chi connectivity index (χ2v) is 8.21. The molecule has 0 atom stereocenters. The van der Waals surface area contributed by atoms with Gasteiger partial charge in [-0.1, -0.05) is 124 Å². The predicted octanol–water partition coefficient (Wildman–Crippen LogP) is 8.77. The summed E-state index contributed by atoms with van der Waals surface area (Å²) in [5, 5.41) is 0. The van der Waals surface area contributed by atoms with Crippen LogP contribution in [-0.2, 0) is 0 Å². The summed E-state index contributed by atoms with van der Waals surface area (Å²) in [5.74, 6) is 0. The van der Waals surface area contributed by atoms with Crippen molar-refractivity contribution in [1.29, 1.82) is 0 Å². The van der Waals surface area contributed by atoms with E-state index in [0.717, 1.165) is 0 Å². The third kappa shape index (κ3) is 19.3. The SMILES string of the molecule is CCCCCCCCC(N)(CCCCCCC)CCCCCCC.I. The standard InChI is InChI=1S/C23H49N.HI/c1-4-7-10-13-16-19-22-23(24,20-17-14-11-8-5-2)21-18-15-12-9-6-3;/h4-22,24H2,1-3H3;1H. The molecule has 0 saturated carbocycles. The first-order valence-corrected chi connectivity index (χ1v) is 11.5. The van der Waals surface area contributed by atoms with Gasteiger partial charge in [-0.25, -0.2) is 0 Å². The number of unbranched alkanes of at least 4 members (excludes halogenated alkanes) is 13. The monoisotopic (exact) mass is 467 g/mol. The Labute approximate surface area is 177 Å². The molecule has 0 amide bonds. The van der Waals surface area contributed by atoms with Crippen molar-refractivity contribution >= 4 is 24.0 Å². The molecule has 0 saturated heterocycles. The lowest BCUT2D eigenvalue weighted by Crippen LogP contribution is -2.39. The van der Waals surface area contributed by atoms with Gasteiger partial charge in [-0.3, -0.25) is 0 Å². The lowest BCUT2D eigenvalue weighted by molar-refractivity contribution is 0.303. The Morgan fingerprint density at radius 2 is 0.680 bits per heavy atom. The molecule has 0 unspecified atom stereocenters. The van der Waals surface area contributed by atoms with Crippen molar-refractivity contribution in [2.45, 2.75) is 148 Å². The zero-order valence-corrected chi connectivity index (χ0v) is 20.3. The molecular weight excluding hydrogens is 417 g/mol. The summed E-state index contributed by atoms with van der Waals surface area (Å²) < 4.78 is 0. The number of halogens is 1. The predicted molar refractivity (Wildman–Crippen MR) is 127 cm³/mol. The van der Waals surface area contributed by atoms with Crippen LogP contribution in [0.2, 0.25) is 0 Å². The van der Waals surface area contributed by atoms with Crippen molar-refractivity contribution < 1.29 is 0 Å². The van der Waals surface area contributed by atoms with Crippen molar-refractivity contribution in [1.82, 2.24) is 0 Å². The van der Waals surface area contributed by atoms with Crippen LogP contribution in [0.1, 0.15) is 143 Å². The average Bonchev–Trinajstić information content (AvgIpc) is 2.58. The van der Waals surface area contributed by atoms with Crippen LogP contribution in [0.3, 0.4) is 0 Å². The summed E-state index contributed by atoms with van der Waals surface area (Å²) in [6, 6.07) is 0. The summed E-state index contributed by atoms with van der Waals surface area (Å²) in [4.78, 5) is 0. The van der Waals surface area contributed by atoms with Gasteiger partial charge in [0.25, 0.3) is 0 Å². The molecule has 0 aromatic rings. The van der Waals surface area contributed by atoms with Gasteiger partial charge in [0.15, 0.2) is 0 Å². The Morgan fingerprint density at radius 1 is 0.440 bits per heavy atom. The zero-order valence-electron chi connectivity index (χ0n) is 17.9. The number of rotatable bonds is 19. The average molecular weight is 468 g/mol. The Bertz CT molecular complexity index is 228. The third-order valence-electron chi connectivity index (χ3n) is 5.58. The second-order valence-electron chi connectivity index (χ2n) is 8.21. The van der Waals surface area contributed by atoms with E-state index in [9.17, 15) is 0 Å². The van der Waals surface area contributed by atoms with Gasteiger partial charge in [0.2, 0.25) is 0 Å². The van der Waals surface area contributed by atoms with Crippen molar-refractivity contribution in [3.05, 3.63) is 0 Å². The van der Waals surface area contributed by atoms with Crippen molar-refractivity contribution in [3.63, 3.8) is 0 Å². The molecule has 154 valence electrons. The normalized spacial score (nSPS) is 11.5. The van der Waals surface area contributed by atoms with E-state index in [-0.39, 0.29) is 29.5 Å². The Balaban J connectivity index is 0. The topological polar surface area (TPSA) is 26.0 Å². The van der Waals surface area contributed by atoms with Gasteiger partial charge in [0, 0.05) is 5.54 Å². The highest BCUT2D eigenvalue weighted by Crippen LogP contribution is 2.26. The van der Waals surface area contributed by atoms with Gasteiger partial charge in [-0.2, -0.15) is 0 Å². The summed E-state index contributed by atoms with van der Waals surface area (Å²) >= 11 is 0. The van der Waals surface area contributed by atoms with E-state index in [1.807, 2.05) is 0 Å². The Morgan fingerprint density at radius 3 is 0.960 bits per heavy atom. The minimum absolute atomic E-state index is 0. The van der Waals surface area contributed by atoms with Crippen LogP contribution in [-0.4, -0.2) is 5.54 Å². The lowest BCUT2D eigenvalue weighted by atomic mass is 9.82. The molecule has 0 heterocycles. The summed E-state index contributed by atoms with van der Waals surface area (Å²) in [7, 11) is 0. The molecular formula is C23H50IN. The first kappa shape index (κ1) is 27.9. The maximum atomic E-state index is 6.87. The molecule has 0 aromatic carbocycles. The smallest absolute Gasteiger partial charge is 0.0154 e. The van der Waals surface area contributed by atoms with Crippen molar-refractivity contribution in [2.24, 2.45) is 5.73 Å². The van der Waals surface area contributed by atoms with E-state index in [4.69, 9.17) is 5.73 Å². The Kier molecular flexibility index (Phi) is 23.4. The van der Waals surface area contributed by atoms with Crippen LogP contribution in [0.5, 0.6) is 0 Å². The maximum absolute atomic E-state index is 6.87. The van der Waals surface area contributed by atoms with Crippen LogP contribution in [0.4, 0.5) is 0 Å². The van der Waals surface area contributed by atoms with Gasteiger partial charge in [0.05, 0.1) is 0 Å². The maximum Gasteiger partial charge on any atom is 0.0154 e. The zero-order chi connectivity index (χ0) is 17.9. The van der Waals surface area contributed by atoms with Crippen LogP contribution < -0.4 is 5.73 Å². The molecule has 0 rings (SSSR count). The molecule has 0 bridgehead atoms. The highest BCUT2D eigenvalue weighted by atomic mass is 127. The molecule has 2 heteroatoms. The highest BCUT2D eigenvalue weighted by molar-refractivity contribution is 14.0. The lowest BCUT2D eigenvalue weighted by Gasteiger charge is -2.30. The van der Waals surface area contributed by atoms with E-state index in [0.29, 0.717) is 0 Å². The van der Waals surface area contributed by atoms with E-state index < -0.39 is 0 Å². The van der Waals surface area contributed by atoms with Gasteiger partial charge >= 0.3 is 0 Å². The van der Waals surface area contributed by atoms with Crippen LogP contribution >= 0.6 is 24.0 Å². The molecule has 2 N–H and O–H groups in total. The molecule has 0 radical (unpaired) electrons. The number of hydrogen-bond acceptors (Lipinski definition) is 1. The second kappa shape index (κ2) is 21.0. The highest BCUT2D eigenvalue weighted by Gasteiger charge is 2.23. The summed E-state index contributed by atoms with van der Waals surface area (Å²) in [6.45, 7) is 6.88. The molecule has 0 aliphatic carbocycles. The molecule has 0 aromatic heterocycles. The minimum Gasteiger partial charge on any atom is -0.325 e. The van der Waals surface area contributed by atoms with E-state index in [1.165, 1.54) is 122 Å². The van der Waals surface area contributed by atoms with E-state index in [1.54, 1.807) is 0 Å². The van der Waals surface area contributed by atoms with Gasteiger partial charge in [-0.15, -0.1) is 24.0 Å². The molecule has 1 nitrogen and oxygen atoms in total. The quantitative estimate of drug-likeness (QED) is 0.149. The molecule has 0 aliphatic rings. The first-order valence-electron chi connectivity index (χ1n) is 11.5. The molecule has 0 aliphatic heterocycles. The fourth-order valence-electron chi connectivity index (χ4n) is 3.79.